The Bertz CT molecular complexity index is 645. The molecule has 0 aliphatic carbocycles. The molecule has 0 spiro atoms. The van der Waals surface area contributed by atoms with Crippen LogP contribution in [0.4, 0.5) is 11.4 Å². The van der Waals surface area contributed by atoms with E-state index in [1.54, 1.807) is 4.68 Å². The number of nitrogens with two attached hydrogens (primary N) is 1. The number of rotatable bonds is 3. The maximum absolute atomic E-state index is 12.3. The van der Waals surface area contributed by atoms with Crippen molar-refractivity contribution in [1.29, 1.82) is 0 Å². The SMILES string of the molecule is Cc1nn(C)c(C)c1NC(=O)C(C)c1cccc(N)c1. The summed E-state index contributed by atoms with van der Waals surface area (Å²) in [5.74, 6) is -0.327. The maximum Gasteiger partial charge on any atom is 0.231 e. The van der Waals surface area contributed by atoms with Gasteiger partial charge in [-0.1, -0.05) is 12.1 Å². The molecule has 1 unspecified atom stereocenters. The van der Waals surface area contributed by atoms with E-state index in [1.807, 2.05) is 52.1 Å². The smallest absolute Gasteiger partial charge is 0.231 e. The van der Waals surface area contributed by atoms with E-state index in [9.17, 15) is 4.79 Å². The summed E-state index contributed by atoms with van der Waals surface area (Å²) in [5, 5.41) is 7.25. The Kier molecular flexibility index (Phi) is 3.79. The van der Waals surface area contributed by atoms with Crippen LogP contribution in [0.2, 0.25) is 0 Å². The topological polar surface area (TPSA) is 72.9 Å². The largest absolute Gasteiger partial charge is 0.399 e. The molecule has 1 aromatic heterocycles. The van der Waals surface area contributed by atoms with Gasteiger partial charge >= 0.3 is 0 Å². The molecule has 0 bridgehead atoms. The number of anilines is 2. The molecule has 5 nitrogen and oxygen atoms in total. The minimum absolute atomic E-state index is 0.0604. The molecule has 1 amide bonds. The predicted molar refractivity (Wildman–Crippen MR) is 80.6 cm³/mol. The van der Waals surface area contributed by atoms with Crippen molar-refractivity contribution < 1.29 is 4.79 Å². The molecule has 0 aliphatic heterocycles. The van der Waals surface area contributed by atoms with Crippen LogP contribution >= 0.6 is 0 Å². The highest BCUT2D eigenvalue weighted by Gasteiger charge is 2.19. The molecule has 106 valence electrons. The van der Waals surface area contributed by atoms with E-state index in [4.69, 9.17) is 5.73 Å². The Morgan fingerprint density at radius 3 is 2.65 bits per heavy atom. The highest BCUT2D eigenvalue weighted by molar-refractivity contribution is 5.96. The van der Waals surface area contributed by atoms with E-state index in [0.717, 1.165) is 22.6 Å². The van der Waals surface area contributed by atoms with E-state index in [1.165, 1.54) is 0 Å². The average Bonchev–Trinajstić information content (AvgIpc) is 2.64. The van der Waals surface area contributed by atoms with Crippen LogP contribution in [0, 0.1) is 13.8 Å². The number of hydrogen-bond acceptors (Lipinski definition) is 3. The Hall–Kier alpha value is -2.30. The van der Waals surface area contributed by atoms with Gasteiger partial charge in [-0.3, -0.25) is 9.48 Å². The summed E-state index contributed by atoms with van der Waals surface area (Å²) in [6.45, 7) is 5.68. The number of nitrogen functional groups attached to an aromatic ring is 1. The van der Waals surface area contributed by atoms with Crippen LogP contribution in [-0.4, -0.2) is 15.7 Å². The minimum Gasteiger partial charge on any atom is -0.399 e. The second-order valence-electron chi connectivity index (χ2n) is 5.05. The quantitative estimate of drug-likeness (QED) is 0.842. The molecular weight excluding hydrogens is 252 g/mol. The monoisotopic (exact) mass is 272 g/mol. The Labute approximate surface area is 118 Å². The number of carbonyl (C=O) groups excluding carboxylic acids is 1. The third-order valence-corrected chi connectivity index (χ3v) is 3.56. The molecule has 1 atom stereocenters. The van der Waals surface area contributed by atoms with Crippen LogP contribution in [-0.2, 0) is 11.8 Å². The summed E-state index contributed by atoms with van der Waals surface area (Å²) >= 11 is 0. The Morgan fingerprint density at radius 2 is 2.10 bits per heavy atom. The van der Waals surface area contributed by atoms with Gasteiger partial charge < -0.3 is 11.1 Å². The fraction of sp³-hybridized carbons (Fsp3) is 0.333. The number of carbonyl (C=O) groups is 1. The average molecular weight is 272 g/mol. The second kappa shape index (κ2) is 5.36. The van der Waals surface area contributed by atoms with Crippen LogP contribution in [0.1, 0.15) is 29.8 Å². The second-order valence-corrected chi connectivity index (χ2v) is 5.05. The number of aromatic nitrogens is 2. The number of amides is 1. The first-order chi connectivity index (χ1) is 9.40. The van der Waals surface area contributed by atoms with Crippen molar-refractivity contribution in [2.24, 2.45) is 7.05 Å². The zero-order valence-corrected chi connectivity index (χ0v) is 12.3. The van der Waals surface area contributed by atoms with Gasteiger partial charge in [-0.05, 0) is 38.5 Å². The van der Waals surface area contributed by atoms with Crippen molar-refractivity contribution in [2.45, 2.75) is 26.7 Å². The molecule has 0 saturated carbocycles. The van der Waals surface area contributed by atoms with Gasteiger partial charge in [0.05, 0.1) is 23.0 Å². The van der Waals surface area contributed by atoms with Crippen LogP contribution in [0.3, 0.4) is 0 Å². The summed E-state index contributed by atoms with van der Waals surface area (Å²) in [5.41, 5.74) is 9.87. The molecule has 0 saturated heterocycles. The first-order valence-corrected chi connectivity index (χ1v) is 6.56. The third kappa shape index (κ3) is 2.66. The summed E-state index contributed by atoms with van der Waals surface area (Å²) in [7, 11) is 1.86. The third-order valence-electron chi connectivity index (χ3n) is 3.56. The summed E-state index contributed by atoms with van der Waals surface area (Å²) in [4.78, 5) is 12.3. The molecular formula is C15H20N4O. The predicted octanol–water partition coefficient (Wildman–Crippen LogP) is 2.36. The first-order valence-electron chi connectivity index (χ1n) is 6.56. The highest BCUT2D eigenvalue weighted by atomic mass is 16.1. The standard InChI is InChI=1S/C15H20N4O/c1-9(12-6-5-7-13(16)8-12)15(20)17-14-10(2)18-19(4)11(14)3/h5-9H,16H2,1-4H3,(H,17,20). The summed E-state index contributed by atoms with van der Waals surface area (Å²) in [6, 6.07) is 7.40. The maximum atomic E-state index is 12.3. The lowest BCUT2D eigenvalue weighted by Gasteiger charge is -2.13. The molecule has 2 rings (SSSR count). The molecule has 0 radical (unpaired) electrons. The molecule has 0 aliphatic rings. The lowest BCUT2D eigenvalue weighted by atomic mass is 9.99. The summed E-state index contributed by atoms with van der Waals surface area (Å²) in [6.07, 6.45) is 0. The van der Waals surface area contributed by atoms with Crippen LogP contribution in [0.5, 0.6) is 0 Å². The van der Waals surface area contributed by atoms with Gasteiger partial charge in [-0.25, -0.2) is 0 Å². The van der Waals surface area contributed by atoms with E-state index in [2.05, 4.69) is 10.4 Å². The van der Waals surface area contributed by atoms with Gasteiger partial charge in [0.15, 0.2) is 0 Å². The number of benzene rings is 1. The van der Waals surface area contributed by atoms with Crippen molar-refractivity contribution in [1.82, 2.24) is 9.78 Å². The normalized spacial score (nSPS) is 12.2. The Morgan fingerprint density at radius 1 is 1.40 bits per heavy atom. The number of aryl methyl sites for hydroxylation is 2. The van der Waals surface area contributed by atoms with E-state index >= 15 is 0 Å². The minimum atomic E-state index is -0.266. The molecule has 3 N–H and O–H groups in total. The Balaban J connectivity index is 2.20. The molecule has 2 aromatic rings. The zero-order valence-electron chi connectivity index (χ0n) is 12.3. The van der Waals surface area contributed by atoms with Crippen molar-refractivity contribution in [3.05, 3.63) is 41.2 Å². The van der Waals surface area contributed by atoms with Crippen molar-refractivity contribution >= 4 is 17.3 Å². The first kappa shape index (κ1) is 14.1. The van der Waals surface area contributed by atoms with Crippen LogP contribution in [0.15, 0.2) is 24.3 Å². The fourth-order valence-corrected chi connectivity index (χ4v) is 2.17. The summed E-state index contributed by atoms with van der Waals surface area (Å²) < 4.78 is 1.76. The molecule has 1 aromatic carbocycles. The van der Waals surface area contributed by atoms with Gasteiger partial charge in [-0.2, -0.15) is 5.10 Å². The van der Waals surface area contributed by atoms with Gasteiger partial charge in [0.1, 0.15) is 0 Å². The lowest BCUT2D eigenvalue weighted by Crippen LogP contribution is -2.19. The highest BCUT2D eigenvalue weighted by Crippen LogP contribution is 2.23. The van der Waals surface area contributed by atoms with Gasteiger partial charge in [0.2, 0.25) is 5.91 Å². The number of nitrogens with zero attached hydrogens (tertiary/aromatic N) is 2. The van der Waals surface area contributed by atoms with Crippen LogP contribution < -0.4 is 11.1 Å². The van der Waals surface area contributed by atoms with Crippen molar-refractivity contribution in [3.63, 3.8) is 0 Å². The van der Waals surface area contributed by atoms with E-state index in [0.29, 0.717) is 5.69 Å². The van der Waals surface area contributed by atoms with E-state index < -0.39 is 0 Å². The van der Waals surface area contributed by atoms with Crippen molar-refractivity contribution in [2.75, 3.05) is 11.1 Å². The molecule has 5 heteroatoms. The molecule has 1 heterocycles. The van der Waals surface area contributed by atoms with Crippen LogP contribution in [0.25, 0.3) is 0 Å². The number of nitrogens with one attached hydrogen (secondary N) is 1. The van der Waals surface area contributed by atoms with Gasteiger partial charge in [-0.15, -0.1) is 0 Å². The zero-order chi connectivity index (χ0) is 14.9. The fourth-order valence-electron chi connectivity index (χ4n) is 2.17. The molecule has 20 heavy (non-hydrogen) atoms. The van der Waals surface area contributed by atoms with E-state index in [-0.39, 0.29) is 11.8 Å². The lowest BCUT2D eigenvalue weighted by molar-refractivity contribution is -0.117. The van der Waals surface area contributed by atoms with Crippen molar-refractivity contribution in [3.8, 4) is 0 Å². The van der Waals surface area contributed by atoms with Gasteiger partial charge in [0.25, 0.3) is 0 Å². The number of hydrogen-bond donors (Lipinski definition) is 2. The molecule has 0 fully saturated rings. The van der Waals surface area contributed by atoms with Gasteiger partial charge in [0, 0.05) is 12.7 Å².